The molecule has 5 nitrogen and oxygen atoms in total. The van der Waals surface area contributed by atoms with Crippen LogP contribution in [0.15, 0.2) is 54.6 Å². The number of rotatable bonds is 8. The van der Waals surface area contributed by atoms with E-state index >= 15 is 0 Å². The molecule has 1 atom stereocenters. The number of hydrogen-bond acceptors (Lipinski definition) is 4. The maximum atomic E-state index is 12.4. The number of carbonyl (C=O) groups is 2. The van der Waals surface area contributed by atoms with Gasteiger partial charge in [0.05, 0.1) is 13.0 Å². The number of hydrogen-bond donors (Lipinski definition) is 1. The van der Waals surface area contributed by atoms with E-state index in [4.69, 9.17) is 9.47 Å². The maximum Gasteiger partial charge on any atom is 0.310 e. The molecule has 0 heterocycles. The van der Waals surface area contributed by atoms with E-state index < -0.39 is 12.1 Å². The van der Waals surface area contributed by atoms with Crippen LogP contribution < -0.4 is 10.1 Å². The van der Waals surface area contributed by atoms with Crippen molar-refractivity contribution in [1.82, 2.24) is 5.32 Å². The van der Waals surface area contributed by atoms with Gasteiger partial charge in [-0.3, -0.25) is 9.59 Å². The molecule has 1 saturated carbocycles. The predicted molar refractivity (Wildman–Crippen MR) is 97.7 cm³/mol. The van der Waals surface area contributed by atoms with Crippen LogP contribution in [-0.2, 0) is 14.3 Å². The molecule has 2 aromatic rings. The van der Waals surface area contributed by atoms with Crippen molar-refractivity contribution in [2.24, 2.45) is 0 Å². The van der Waals surface area contributed by atoms with Crippen LogP contribution in [0.2, 0.25) is 0 Å². The molecule has 0 radical (unpaired) electrons. The van der Waals surface area contributed by atoms with Crippen molar-refractivity contribution in [2.75, 3.05) is 6.61 Å². The Hall–Kier alpha value is -2.82. The largest absolute Gasteiger partial charge is 0.493 e. The fraction of sp³-hybridized carbons (Fsp3) is 0.333. The Labute approximate surface area is 153 Å². The summed E-state index contributed by atoms with van der Waals surface area (Å²) in [5.74, 6) is -0.0297. The number of aryl methyl sites for hydroxylation is 1. The lowest BCUT2D eigenvalue weighted by Crippen LogP contribution is -2.33. The molecule has 1 aliphatic carbocycles. The summed E-state index contributed by atoms with van der Waals surface area (Å²) in [7, 11) is 0. The number of nitrogens with one attached hydrogen (secondary N) is 1. The van der Waals surface area contributed by atoms with Crippen molar-refractivity contribution < 1.29 is 19.1 Å². The van der Waals surface area contributed by atoms with E-state index in [0.29, 0.717) is 11.3 Å². The number of amides is 1. The van der Waals surface area contributed by atoms with Crippen molar-refractivity contribution in [3.63, 3.8) is 0 Å². The van der Waals surface area contributed by atoms with Crippen molar-refractivity contribution in [3.05, 3.63) is 65.7 Å². The van der Waals surface area contributed by atoms with Gasteiger partial charge in [0, 0.05) is 11.6 Å². The molecular weight excluding hydrogens is 330 g/mol. The highest BCUT2D eigenvalue weighted by Crippen LogP contribution is 2.23. The maximum absolute atomic E-state index is 12.4. The lowest BCUT2D eigenvalue weighted by molar-refractivity contribution is -0.157. The van der Waals surface area contributed by atoms with Crippen LogP contribution in [0.1, 0.15) is 36.5 Å². The van der Waals surface area contributed by atoms with Crippen molar-refractivity contribution in [1.29, 1.82) is 0 Å². The number of esters is 1. The van der Waals surface area contributed by atoms with Crippen molar-refractivity contribution >= 4 is 11.9 Å². The van der Waals surface area contributed by atoms with E-state index in [2.05, 4.69) is 5.32 Å². The van der Waals surface area contributed by atoms with Gasteiger partial charge in [-0.2, -0.15) is 0 Å². The Morgan fingerprint density at radius 2 is 1.77 bits per heavy atom. The summed E-state index contributed by atoms with van der Waals surface area (Å²) >= 11 is 0. The Bertz CT molecular complexity index is 738. The van der Waals surface area contributed by atoms with Crippen molar-refractivity contribution in [3.8, 4) is 5.75 Å². The first-order valence-corrected chi connectivity index (χ1v) is 8.86. The molecule has 0 unspecified atom stereocenters. The van der Waals surface area contributed by atoms with E-state index in [0.717, 1.165) is 18.4 Å². The minimum Gasteiger partial charge on any atom is -0.493 e. The van der Waals surface area contributed by atoms with Crippen LogP contribution in [0.5, 0.6) is 5.75 Å². The first kappa shape index (κ1) is 18.0. The molecule has 2 aromatic carbocycles. The van der Waals surface area contributed by atoms with Gasteiger partial charge in [-0.05, 0) is 31.9 Å². The fourth-order valence-electron chi connectivity index (χ4n) is 2.48. The third kappa shape index (κ3) is 5.34. The number of carbonyl (C=O) groups excluding carboxylic acids is 2. The third-order valence-corrected chi connectivity index (χ3v) is 4.11. The summed E-state index contributed by atoms with van der Waals surface area (Å²) < 4.78 is 11.0. The molecular formula is C21H23NO4. The normalized spacial score (nSPS) is 14.3. The summed E-state index contributed by atoms with van der Waals surface area (Å²) in [6.45, 7) is 2.20. The first-order valence-electron chi connectivity index (χ1n) is 8.86. The number of benzene rings is 2. The molecule has 0 aromatic heterocycles. The second kappa shape index (κ2) is 8.52. The molecule has 136 valence electrons. The molecule has 0 spiro atoms. The smallest absolute Gasteiger partial charge is 0.310 e. The summed E-state index contributed by atoms with van der Waals surface area (Å²) in [6, 6.07) is 16.9. The number of ether oxygens (including phenoxy) is 2. The van der Waals surface area contributed by atoms with Crippen LogP contribution in [0.25, 0.3) is 0 Å². The van der Waals surface area contributed by atoms with E-state index in [1.165, 1.54) is 0 Å². The quantitative estimate of drug-likeness (QED) is 0.740. The van der Waals surface area contributed by atoms with Gasteiger partial charge < -0.3 is 14.8 Å². The summed E-state index contributed by atoms with van der Waals surface area (Å²) in [4.78, 5) is 24.6. The van der Waals surface area contributed by atoms with Gasteiger partial charge >= 0.3 is 5.97 Å². The zero-order valence-electron chi connectivity index (χ0n) is 14.8. The molecule has 0 bridgehead atoms. The Morgan fingerprint density at radius 3 is 2.42 bits per heavy atom. The van der Waals surface area contributed by atoms with E-state index in [1.807, 2.05) is 49.4 Å². The molecule has 0 aliphatic heterocycles. The van der Waals surface area contributed by atoms with Crippen LogP contribution >= 0.6 is 0 Å². The van der Waals surface area contributed by atoms with E-state index in [1.54, 1.807) is 12.1 Å². The molecule has 5 heteroatoms. The van der Waals surface area contributed by atoms with Gasteiger partial charge in [0.25, 0.3) is 5.91 Å². The highest BCUT2D eigenvalue weighted by atomic mass is 16.6. The van der Waals surface area contributed by atoms with Crippen LogP contribution in [0, 0.1) is 6.92 Å². The van der Waals surface area contributed by atoms with Gasteiger partial charge in [0.15, 0.2) is 0 Å². The topological polar surface area (TPSA) is 64.6 Å². The Balaban J connectivity index is 1.54. The predicted octanol–water partition coefficient (Wildman–Crippen LogP) is 3.33. The van der Waals surface area contributed by atoms with Crippen molar-refractivity contribution in [2.45, 2.75) is 38.3 Å². The molecule has 1 N–H and O–H groups in total. The minimum absolute atomic E-state index is 0.0773. The monoisotopic (exact) mass is 353 g/mol. The zero-order chi connectivity index (χ0) is 18.4. The van der Waals surface area contributed by atoms with Gasteiger partial charge in [-0.25, -0.2) is 0 Å². The molecule has 1 fully saturated rings. The lowest BCUT2D eigenvalue weighted by atomic mass is 10.1. The SMILES string of the molecule is Cc1ccc(OCCC(=O)O[C@H](C(=O)NC2CC2)c2ccccc2)cc1. The van der Waals surface area contributed by atoms with Gasteiger partial charge in [-0.1, -0.05) is 48.0 Å². The molecule has 1 amide bonds. The summed E-state index contributed by atoms with van der Waals surface area (Å²) in [6.07, 6.45) is 1.11. The average molecular weight is 353 g/mol. The van der Waals surface area contributed by atoms with Gasteiger partial charge in [-0.15, -0.1) is 0 Å². The van der Waals surface area contributed by atoms with Gasteiger partial charge in [0.1, 0.15) is 5.75 Å². The summed E-state index contributed by atoms with van der Waals surface area (Å²) in [5, 5.41) is 2.90. The van der Waals surface area contributed by atoms with Crippen LogP contribution in [0.3, 0.4) is 0 Å². The highest BCUT2D eigenvalue weighted by molar-refractivity contribution is 5.85. The average Bonchev–Trinajstić information content (AvgIpc) is 3.46. The lowest BCUT2D eigenvalue weighted by Gasteiger charge is -2.18. The van der Waals surface area contributed by atoms with E-state index in [9.17, 15) is 9.59 Å². The minimum atomic E-state index is -0.927. The first-order chi connectivity index (χ1) is 12.6. The Kier molecular flexibility index (Phi) is 5.89. The standard InChI is InChI=1S/C21H23NO4/c1-15-7-11-18(12-8-15)25-14-13-19(23)26-20(16-5-3-2-4-6-16)21(24)22-17-9-10-17/h2-8,11-12,17,20H,9-10,13-14H2,1H3,(H,22,24)/t20-/m0/s1. The second-order valence-corrected chi connectivity index (χ2v) is 6.47. The van der Waals surface area contributed by atoms with Gasteiger partial charge in [0.2, 0.25) is 6.10 Å². The highest BCUT2D eigenvalue weighted by Gasteiger charge is 2.30. The summed E-state index contributed by atoms with van der Waals surface area (Å²) in [5.41, 5.74) is 1.81. The fourth-order valence-corrected chi connectivity index (χ4v) is 2.48. The Morgan fingerprint density at radius 1 is 1.08 bits per heavy atom. The second-order valence-electron chi connectivity index (χ2n) is 6.47. The van der Waals surface area contributed by atoms with Crippen LogP contribution in [0.4, 0.5) is 0 Å². The van der Waals surface area contributed by atoms with E-state index in [-0.39, 0.29) is 25.0 Å². The zero-order valence-corrected chi connectivity index (χ0v) is 14.8. The molecule has 0 saturated heterocycles. The molecule has 1 aliphatic rings. The molecule has 3 rings (SSSR count). The van der Waals surface area contributed by atoms with Crippen LogP contribution in [-0.4, -0.2) is 24.5 Å². The third-order valence-electron chi connectivity index (χ3n) is 4.11. The molecule has 26 heavy (non-hydrogen) atoms.